The van der Waals surface area contributed by atoms with Crippen LogP contribution < -0.4 is 5.43 Å². The highest BCUT2D eigenvalue weighted by molar-refractivity contribution is 9.10. The molecule has 0 saturated carbocycles. The Morgan fingerprint density at radius 2 is 1.66 bits per heavy atom. The normalized spacial score (nSPS) is 11.8. The molecule has 0 aromatic heterocycles. The minimum atomic E-state index is -3.91. The highest BCUT2D eigenvalue weighted by Gasteiger charge is 2.27. The highest BCUT2D eigenvalue weighted by atomic mass is 79.9. The fourth-order valence-electron chi connectivity index (χ4n) is 2.80. The third kappa shape index (κ3) is 6.74. The molecule has 3 aromatic rings. The summed E-state index contributed by atoms with van der Waals surface area (Å²) in [6.07, 6.45) is 1.46. The molecule has 0 bridgehead atoms. The average molecular weight is 535 g/mol. The van der Waals surface area contributed by atoms with Gasteiger partial charge in [-0.1, -0.05) is 69.5 Å². The smallest absolute Gasteiger partial charge is 0.255 e. The van der Waals surface area contributed by atoms with Crippen molar-refractivity contribution >= 4 is 49.7 Å². The fourth-order valence-corrected chi connectivity index (χ4v) is 4.58. The van der Waals surface area contributed by atoms with E-state index in [1.807, 2.05) is 19.1 Å². The van der Waals surface area contributed by atoms with Gasteiger partial charge in [-0.3, -0.25) is 4.79 Å². The fraction of sp³-hybridized carbons (Fsp3) is 0.130. The van der Waals surface area contributed by atoms with Gasteiger partial charge in [0, 0.05) is 16.0 Å². The summed E-state index contributed by atoms with van der Waals surface area (Å²) in [7, 11) is -3.91. The maximum absolute atomic E-state index is 13.3. The standard InChI is InChI=1S/C23H21BrClN3O3S/c1-17-2-12-22(13-3-17)32(30,31)28(15-19-4-8-20(24)9-5-19)16-23(29)27-26-14-18-6-10-21(25)11-7-18/h2-14H,15-16H2,1H3,(H,27,29)/b26-14-. The molecule has 0 saturated heterocycles. The van der Waals surface area contributed by atoms with Crippen molar-refractivity contribution in [3.05, 3.63) is 99.0 Å². The van der Waals surface area contributed by atoms with Crippen molar-refractivity contribution in [2.24, 2.45) is 5.10 Å². The topological polar surface area (TPSA) is 78.8 Å². The van der Waals surface area contributed by atoms with Crippen LogP contribution in [0.25, 0.3) is 0 Å². The van der Waals surface area contributed by atoms with Gasteiger partial charge in [-0.15, -0.1) is 0 Å². The Labute approximate surface area is 201 Å². The molecule has 1 amide bonds. The number of hydrogen-bond acceptors (Lipinski definition) is 4. The first-order chi connectivity index (χ1) is 15.2. The van der Waals surface area contributed by atoms with E-state index in [0.717, 1.165) is 25.5 Å². The van der Waals surface area contributed by atoms with Crippen LogP contribution in [0.1, 0.15) is 16.7 Å². The number of hydrazone groups is 1. The van der Waals surface area contributed by atoms with Crippen LogP contribution in [0, 0.1) is 6.92 Å². The molecule has 6 nitrogen and oxygen atoms in total. The van der Waals surface area contributed by atoms with Crippen molar-refractivity contribution in [1.29, 1.82) is 0 Å². The molecule has 0 unspecified atom stereocenters. The molecular formula is C23H21BrClN3O3S. The number of nitrogens with one attached hydrogen (secondary N) is 1. The van der Waals surface area contributed by atoms with Crippen LogP contribution in [-0.4, -0.2) is 31.4 Å². The Hall–Kier alpha value is -2.52. The van der Waals surface area contributed by atoms with Crippen molar-refractivity contribution in [2.45, 2.75) is 18.4 Å². The SMILES string of the molecule is Cc1ccc(S(=O)(=O)N(CC(=O)N/N=C\c2ccc(Cl)cc2)Cc2ccc(Br)cc2)cc1. The number of carbonyl (C=O) groups is 1. The Bertz CT molecular complexity index is 1200. The summed E-state index contributed by atoms with van der Waals surface area (Å²) in [6, 6.07) is 20.7. The van der Waals surface area contributed by atoms with E-state index >= 15 is 0 Å². The zero-order valence-corrected chi connectivity index (χ0v) is 20.4. The lowest BCUT2D eigenvalue weighted by Crippen LogP contribution is -2.39. The Morgan fingerprint density at radius 3 is 2.28 bits per heavy atom. The molecular weight excluding hydrogens is 514 g/mol. The first-order valence-electron chi connectivity index (χ1n) is 9.63. The number of hydrogen-bond donors (Lipinski definition) is 1. The second kappa shape index (κ2) is 10.9. The highest BCUT2D eigenvalue weighted by Crippen LogP contribution is 2.20. The minimum absolute atomic E-state index is 0.0395. The van der Waals surface area contributed by atoms with E-state index < -0.39 is 15.9 Å². The van der Waals surface area contributed by atoms with E-state index in [4.69, 9.17) is 11.6 Å². The van der Waals surface area contributed by atoms with Gasteiger partial charge in [0.05, 0.1) is 17.7 Å². The Balaban J connectivity index is 1.78. The number of benzene rings is 3. The molecule has 0 heterocycles. The lowest BCUT2D eigenvalue weighted by Gasteiger charge is -2.21. The van der Waals surface area contributed by atoms with E-state index in [-0.39, 0.29) is 18.0 Å². The van der Waals surface area contributed by atoms with Crippen LogP contribution in [-0.2, 0) is 21.4 Å². The molecule has 166 valence electrons. The van der Waals surface area contributed by atoms with Crippen molar-refractivity contribution in [2.75, 3.05) is 6.54 Å². The largest absolute Gasteiger partial charge is 0.272 e. The Kier molecular flexibility index (Phi) is 8.20. The van der Waals surface area contributed by atoms with Crippen molar-refractivity contribution in [3.8, 4) is 0 Å². The zero-order chi connectivity index (χ0) is 23.1. The summed E-state index contributed by atoms with van der Waals surface area (Å²) in [6.45, 7) is 1.53. The lowest BCUT2D eigenvalue weighted by atomic mass is 10.2. The molecule has 9 heteroatoms. The zero-order valence-electron chi connectivity index (χ0n) is 17.2. The van der Waals surface area contributed by atoms with Gasteiger partial charge in [0.15, 0.2) is 0 Å². The van der Waals surface area contributed by atoms with Gasteiger partial charge in [0.1, 0.15) is 0 Å². The van der Waals surface area contributed by atoms with Gasteiger partial charge in [-0.2, -0.15) is 9.41 Å². The summed E-state index contributed by atoms with van der Waals surface area (Å²) in [5, 5.41) is 4.51. The number of nitrogens with zero attached hydrogens (tertiary/aromatic N) is 2. The number of carbonyl (C=O) groups excluding carboxylic acids is 1. The predicted octanol–water partition coefficient (Wildman–Crippen LogP) is 4.75. The molecule has 0 fully saturated rings. The van der Waals surface area contributed by atoms with Gasteiger partial charge in [0.25, 0.3) is 5.91 Å². The summed E-state index contributed by atoms with van der Waals surface area (Å²) in [5.74, 6) is -0.553. The van der Waals surface area contributed by atoms with Gasteiger partial charge < -0.3 is 0 Å². The van der Waals surface area contributed by atoms with E-state index in [2.05, 4.69) is 26.5 Å². The second-order valence-electron chi connectivity index (χ2n) is 7.06. The van der Waals surface area contributed by atoms with Crippen molar-refractivity contribution in [3.63, 3.8) is 0 Å². The maximum Gasteiger partial charge on any atom is 0.255 e. The van der Waals surface area contributed by atoms with Gasteiger partial charge in [0.2, 0.25) is 10.0 Å². The molecule has 3 rings (SSSR count). The Morgan fingerprint density at radius 1 is 1.03 bits per heavy atom. The van der Waals surface area contributed by atoms with E-state index in [1.54, 1.807) is 48.5 Å². The average Bonchev–Trinajstić information content (AvgIpc) is 2.76. The summed E-state index contributed by atoms with van der Waals surface area (Å²) >= 11 is 9.22. The summed E-state index contributed by atoms with van der Waals surface area (Å²) in [4.78, 5) is 12.6. The minimum Gasteiger partial charge on any atom is -0.272 e. The molecule has 0 spiro atoms. The van der Waals surface area contributed by atoms with E-state index in [0.29, 0.717) is 5.02 Å². The number of aryl methyl sites for hydroxylation is 1. The van der Waals surface area contributed by atoms with Crippen LogP contribution in [0.3, 0.4) is 0 Å². The molecule has 0 aliphatic carbocycles. The van der Waals surface area contributed by atoms with Gasteiger partial charge >= 0.3 is 0 Å². The number of halogens is 2. The maximum atomic E-state index is 13.3. The number of amides is 1. The van der Waals surface area contributed by atoms with Crippen molar-refractivity contribution in [1.82, 2.24) is 9.73 Å². The molecule has 32 heavy (non-hydrogen) atoms. The molecule has 0 aliphatic heterocycles. The lowest BCUT2D eigenvalue weighted by molar-refractivity contribution is -0.121. The summed E-state index contributed by atoms with van der Waals surface area (Å²) < 4.78 is 28.5. The quantitative estimate of drug-likeness (QED) is 0.335. The first-order valence-corrected chi connectivity index (χ1v) is 12.2. The summed E-state index contributed by atoms with van der Waals surface area (Å²) in [5.41, 5.74) is 4.83. The third-order valence-electron chi connectivity index (χ3n) is 4.52. The van der Waals surface area contributed by atoms with Gasteiger partial charge in [-0.25, -0.2) is 13.8 Å². The second-order valence-corrected chi connectivity index (χ2v) is 10.3. The molecule has 3 aromatic carbocycles. The van der Waals surface area contributed by atoms with Crippen LogP contribution >= 0.6 is 27.5 Å². The monoisotopic (exact) mass is 533 g/mol. The molecule has 0 radical (unpaired) electrons. The van der Waals surface area contributed by atoms with Crippen molar-refractivity contribution < 1.29 is 13.2 Å². The third-order valence-corrected chi connectivity index (χ3v) is 7.11. The number of sulfonamides is 1. The predicted molar refractivity (Wildman–Crippen MR) is 130 cm³/mol. The molecule has 0 aliphatic rings. The van der Waals surface area contributed by atoms with Crippen LogP contribution in [0.2, 0.25) is 5.02 Å². The first kappa shape index (κ1) is 24.1. The molecule has 0 atom stereocenters. The van der Waals surface area contributed by atoms with Crippen LogP contribution in [0.4, 0.5) is 0 Å². The van der Waals surface area contributed by atoms with E-state index in [1.165, 1.54) is 18.3 Å². The molecule has 1 N–H and O–H groups in total. The van der Waals surface area contributed by atoms with Crippen LogP contribution in [0.5, 0.6) is 0 Å². The van der Waals surface area contributed by atoms with E-state index in [9.17, 15) is 13.2 Å². The van der Waals surface area contributed by atoms with Gasteiger partial charge in [-0.05, 0) is 54.4 Å². The van der Waals surface area contributed by atoms with Crippen LogP contribution in [0.15, 0.2) is 87.3 Å². The number of rotatable bonds is 8.